The van der Waals surface area contributed by atoms with Gasteiger partial charge in [-0.05, 0) is 0 Å². The average Bonchev–Trinajstić information content (AvgIpc) is 1.65. The Hall–Kier alpha value is -1.10. The Balaban J connectivity index is 0. The number of carbonyl (C=O) groups is 2. The summed E-state index contributed by atoms with van der Waals surface area (Å²) in [5.74, 6) is -1.52. The van der Waals surface area contributed by atoms with Gasteiger partial charge in [0.2, 0.25) is 5.91 Å². The van der Waals surface area contributed by atoms with Crippen LogP contribution in [0.2, 0.25) is 0 Å². The highest BCUT2D eigenvalue weighted by Gasteiger charge is 1.82. The molecule has 5 nitrogen and oxygen atoms in total. The number of nitrogens with two attached hydrogens (primary N) is 1. The van der Waals surface area contributed by atoms with Crippen molar-refractivity contribution >= 4 is 11.9 Å². The number of rotatable bonds is 1. The van der Waals surface area contributed by atoms with E-state index in [2.05, 4.69) is 5.73 Å². The largest absolute Gasteiger partial charge is 0.480 e. The van der Waals surface area contributed by atoms with Crippen molar-refractivity contribution < 1.29 is 19.8 Å². The summed E-state index contributed by atoms with van der Waals surface area (Å²) in [5, 5.41) is 15.0. The molecule has 0 aromatic rings. The number of aliphatic hydroxyl groups excluding tert-OH is 1. The molecule has 0 aromatic carbocycles. The Morgan fingerprint density at radius 2 is 1.67 bits per heavy atom. The first-order valence-electron chi connectivity index (χ1n) is 2.09. The maximum absolute atomic E-state index is 9.22. The number of amides is 1. The zero-order valence-corrected chi connectivity index (χ0v) is 5.00. The number of hydrogen-bond donors (Lipinski definition) is 3. The van der Waals surface area contributed by atoms with Gasteiger partial charge in [0.1, 0.15) is 6.61 Å². The topological polar surface area (TPSA) is 101 Å². The van der Waals surface area contributed by atoms with Crippen molar-refractivity contribution in [3.8, 4) is 0 Å². The first kappa shape index (κ1) is 10.8. The van der Waals surface area contributed by atoms with Crippen molar-refractivity contribution in [1.29, 1.82) is 0 Å². The van der Waals surface area contributed by atoms with E-state index in [-0.39, 0.29) is 5.91 Å². The molecule has 0 aromatic heterocycles. The quantitative estimate of drug-likeness (QED) is 0.409. The highest BCUT2D eigenvalue weighted by Crippen LogP contribution is 1.48. The lowest BCUT2D eigenvalue weighted by Crippen LogP contribution is -2.01. The molecule has 0 unspecified atom stereocenters. The Bertz CT molecular complexity index is 96.7. The second kappa shape index (κ2) is 6.90. The van der Waals surface area contributed by atoms with Crippen LogP contribution in [0.25, 0.3) is 0 Å². The predicted molar refractivity (Wildman–Crippen MR) is 29.6 cm³/mol. The maximum atomic E-state index is 9.22. The summed E-state index contributed by atoms with van der Waals surface area (Å²) in [7, 11) is 0. The zero-order valence-electron chi connectivity index (χ0n) is 5.00. The van der Waals surface area contributed by atoms with Gasteiger partial charge >= 0.3 is 5.97 Å². The molecule has 0 aliphatic heterocycles. The minimum absolute atomic E-state index is 0.333. The van der Waals surface area contributed by atoms with Crippen LogP contribution < -0.4 is 5.73 Å². The first-order valence-corrected chi connectivity index (χ1v) is 2.09. The maximum Gasteiger partial charge on any atom is 0.329 e. The van der Waals surface area contributed by atoms with Gasteiger partial charge in [0.15, 0.2) is 0 Å². The highest BCUT2D eigenvalue weighted by molar-refractivity contribution is 5.70. The van der Waals surface area contributed by atoms with E-state index >= 15 is 0 Å². The number of aliphatic hydroxyl groups is 1. The van der Waals surface area contributed by atoms with Gasteiger partial charge in [0.05, 0.1) is 0 Å². The zero-order chi connectivity index (χ0) is 7.86. The van der Waals surface area contributed by atoms with E-state index in [0.717, 1.165) is 0 Å². The molecule has 0 fully saturated rings. The fourth-order valence-electron chi connectivity index (χ4n) is 0. The summed E-state index contributed by atoms with van der Waals surface area (Å²) in [6.07, 6.45) is 0. The Labute approximate surface area is 52.1 Å². The van der Waals surface area contributed by atoms with Crippen molar-refractivity contribution in [3.63, 3.8) is 0 Å². The van der Waals surface area contributed by atoms with E-state index in [1.54, 1.807) is 0 Å². The van der Waals surface area contributed by atoms with Gasteiger partial charge in [-0.1, -0.05) is 0 Å². The van der Waals surface area contributed by atoms with Crippen LogP contribution >= 0.6 is 0 Å². The van der Waals surface area contributed by atoms with Crippen LogP contribution in [0, 0.1) is 0 Å². The normalized spacial score (nSPS) is 6.89. The molecular weight excluding hydrogens is 126 g/mol. The smallest absolute Gasteiger partial charge is 0.329 e. The molecule has 1 amide bonds. The number of carboxylic acid groups (broad SMARTS) is 1. The van der Waals surface area contributed by atoms with Gasteiger partial charge in [-0.25, -0.2) is 4.79 Å². The number of aliphatic carboxylic acids is 1. The first-order chi connectivity index (χ1) is 4.00. The third kappa shape index (κ3) is 205. The highest BCUT2D eigenvalue weighted by atomic mass is 16.4. The monoisotopic (exact) mass is 135 g/mol. The van der Waals surface area contributed by atoms with E-state index in [4.69, 9.17) is 15.0 Å². The summed E-state index contributed by atoms with van der Waals surface area (Å²) in [6.45, 7) is 0.528. The van der Waals surface area contributed by atoms with E-state index in [0.29, 0.717) is 0 Å². The minimum Gasteiger partial charge on any atom is -0.480 e. The third-order valence-corrected chi connectivity index (χ3v) is 0.135. The Kier molecular flexibility index (Phi) is 8.28. The number of carboxylic acids is 1. The molecule has 0 aliphatic rings. The van der Waals surface area contributed by atoms with E-state index in [1.807, 2.05) is 0 Å². The summed E-state index contributed by atoms with van der Waals surface area (Å²) >= 11 is 0. The van der Waals surface area contributed by atoms with Crippen LogP contribution in [0.15, 0.2) is 0 Å². The van der Waals surface area contributed by atoms with Crippen molar-refractivity contribution in [2.45, 2.75) is 6.92 Å². The molecular formula is C4H9NO4. The molecule has 0 rings (SSSR count). The van der Waals surface area contributed by atoms with Crippen LogP contribution in [0.1, 0.15) is 6.92 Å². The lowest BCUT2D eigenvalue weighted by molar-refractivity contribution is -0.140. The molecule has 0 bridgehead atoms. The molecule has 9 heavy (non-hydrogen) atoms. The molecule has 0 atom stereocenters. The molecule has 54 valence electrons. The molecule has 0 radical (unpaired) electrons. The summed E-state index contributed by atoms with van der Waals surface area (Å²) in [5.41, 5.74) is 4.47. The molecule has 5 heteroatoms. The molecule has 0 saturated carbocycles. The number of primary amides is 1. The van der Waals surface area contributed by atoms with Gasteiger partial charge in [-0.15, -0.1) is 0 Å². The van der Waals surface area contributed by atoms with Crippen molar-refractivity contribution in [1.82, 2.24) is 0 Å². The predicted octanol–water partition coefficient (Wildman–Crippen LogP) is -1.45. The fourth-order valence-corrected chi connectivity index (χ4v) is 0. The van der Waals surface area contributed by atoms with Gasteiger partial charge in [0.25, 0.3) is 0 Å². The van der Waals surface area contributed by atoms with E-state index < -0.39 is 12.6 Å². The van der Waals surface area contributed by atoms with Crippen LogP contribution in [-0.2, 0) is 9.59 Å². The lowest BCUT2D eigenvalue weighted by Gasteiger charge is -1.72. The Morgan fingerprint density at radius 1 is 1.56 bits per heavy atom. The van der Waals surface area contributed by atoms with Crippen LogP contribution in [-0.4, -0.2) is 28.7 Å². The van der Waals surface area contributed by atoms with Crippen LogP contribution in [0.3, 0.4) is 0 Å². The standard InChI is InChI=1S/C2H5NO.C2H4O3/c1-2(3)4;3-1-2(4)5/h1H3,(H2,3,4);3H,1H2,(H,4,5). The van der Waals surface area contributed by atoms with Crippen LogP contribution in [0.4, 0.5) is 0 Å². The second-order valence-corrected chi connectivity index (χ2v) is 1.16. The summed E-state index contributed by atoms with van der Waals surface area (Å²) < 4.78 is 0. The SMILES string of the molecule is CC(N)=O.O=C(O)CO. The molecule has 0 spiro atoms. The van der Waals surface area contributed by atoms with E-state index in [9.17, 15) is 4.79 Å². The van der Waals surface area contributed by atoms with Gasteiger partial charge in [-0.2, -0.15) is 0 Å². The van der Waals surface area contributed by atoms with Crippen molar-refractivity contribution in [2.75, 3.05) is 6.61 Å². The molecule has 0 saturated heterocycles. The lowest BCUT2D eigenvalue weighted by atomic mass is 10.8. The molecule has 0 aliphatic carbocycles. The third-order valence-electron chi connectivity index (χ3n) is 0.135. The summed E-state index contributed by atoms with van der Waals surface area (Å²) in [6, 6.07) is 0. The van der Waals surface area contributed by atoms with E-state index in [1.165, 1.54) is 6.92 Å². The number of carbonyl (C=O) groups excluding carboxylic acids is 1. The van der Waals surface area contributed by atoms with Gasteiger partial charge in [-0.3, -0.25) is 4.79 Å². The average molecular weight is 135 g/mol. The van der Waals surface area contributed by atoms with Crippen LogP contribution in [0.5, 0.6) is 0 Å². The Morgan fingerprint density at radius 3 is 1.67 bits per heavy atom. The molecule has 4 N–H and O–H groups in total. The van der Waals surface area contributed by atoms with Crippen molar-refractivity contribution in [3.05, 3.63) is 0 Å². The molecule has 0 heterocycles. The van der Waals surface area contributed by atoms with Gasteiger partial charge in [0, 0.05) is 6.92 Å². The second-order valence-electron chi connectivity index (χ2n) is 1.16. The fraction of sp³-hybridized carbons (Fsp3) is 0.500. The van der Waals surface area contributed by atoms with Crippen molar-refractivity contribution in [2.24, 2.45) is 5.73 Å². The summed E-state index contributed by atoms with van der Waals surface area (Å²) in [4.78, 5) is 18.3. The number of hydrogen-bond acceptors (Lipinski definition) is 3. The minimum atomic E-state index is -1.19. The van der Waals surface area contributed by atoms with Gasteiger partial charge < -0.3 is 15.9 Å².